The topological polar surface area (TPSA) is 38.9 Å². The van der Waals surface area contributed by atoms with Gasteiger partial charge in [-0.25, -0.2) is 0 Å². The molecule has 2 rings (SSSR count). The van der Waals surface area contributed by atoms with Gasteiger partial charge in [0.05, 0.1) is 5.02 Å². The van der Waals surface area contributed by atoms with Gasteiger partial charge in [0.1, 0.15) is 0 Å². The molecule has 0 saturated heterocycles. The van der Waals surface area contributed by atoms with E-state index in [2.05, 4.69) is 11.1 Å². The zero-order chi connectivity index (χ0) is 13.0. The Morgan fingerprint density at radius 1 is 1.33 bits per heavy atom. The fraction of sp³-hybridized carbons (Fsp3) is 0.214. The molecule has 0 aliphatic carbocycles. The molecule has 0 aliphatic heterocycles. The maximum Gasteiger partial charge on any atom is 0.0541 e. The van der Waals surface area contributed by atoms with E-state index >= 15 is 0 Å². The van der Waals surface area contributed by atoms with Gasteiger partial charge in [-0.1, -0.05) is 29.8 Å². The Morgan fingerprint density at radius 2 is 2.11 bits per heavy atom. The van der Waals surface area contributed by atoms with Gasteiger partial charge in [-0.15, -0.1) is 11.8 Å². The standard InChI is InChI=1S/C14H15ClN2S/c1-10-6-11(8-17-7-10)13(16)9-18-14-5-3-2-4-12(14)15/h2-8,13H,9,16H2,1H3. The molecule has 0 fully saturated rings. The molecule has 18 heavy (non-hydrogen) atoms. The molecule has 2 nitrogen and oxygen atoms in total. The predicted molar refractivity (Wildman–Crippen MR) is 78.1 cm³/mol. The van der Waals surface area contributed by atoms with Gasteiger partial charge in [-0.3, -0.25) is 4.98 Å². The van der Waals surface area contributed by atoms with Crippen LogP contribution in [0.3, 0.4) is 0 Å². The number of nitrogens with two attached hydrogens (primary N) is 1. The summed E-state index contributed by atoms with van der Waals surface area (Å²) in [5.74, 6) is 0.787. The molecular weight excluding hydrogens is 264 g/mol. The number of benzene rings is 1. The molecule has 0 bridgehead atoms. The van der Waals surface area contributed by atoms with Crippen molar-refractivity contribution in [2.45, 2.75) is 17.9 Å². The number of hydrogen-bond donors (Lipinski definition) is 1. The van der Waals surface area contributed by atoms with Crippen molar-refractivity contribution in [2.75, 3.05) is 5.75 Å². The molecule has 0 saturated carbocycles. The minimum atomic E-state index is -0.0290. The number of nitrogens with zero attached hydrogens (tertiary/aromatic N) is 1. The molecule has 2 N–H and O–H groups in total. The number of aromatic nitrogens is 1. The molecule has 1 atom stereocenters. The molecule has 1 heterocycles. The third-order valence-electron chi connectivity index (χ3n) is 2.58. The molecule has 94 valence electrons. The van der Waals surface area contributed by atoms with Gasteiger partial charge in [0.15, 0.2) is 0 Å². The molecule has 4 heteroatoms. The van der Waals surface area contributed by atoms with Crippen LogP contribution in [0.25, 0.3) is 0 Å². The Hall–Kier alpha value is -1.03. The first-order chi connectivity index (χ1) is 8.66. The number of rotatable bonds is 4. The minimum absolute atomic E-state index is 0.0290. The lowest BCUT2D eigenvalue weighted by Crippen LogP contribution is -2.13. The van der Waals surface area contributed by atoms with Crippen LogP contribution >= 0.6 is 23.4 Å². The van der Waals surface area contributed by atoms with Crippen molar-refractivity contribution in [3.63, 3.8) is 0 Å². The van der Waals surface area contributed by atoms with Gasteiger partial charge in [0.2, 0.25) is 0 Å². The Balaban J connectivity index is 2.00. The summed E-state index contributed by atoms with van der Waals surface area (Å²) in [6.45, 7) is 2.02. The van der Waals surface area contributed by atoms with Crippen molar-refractivity contribution >= 4 is 23.4 Å². The lowest BCUT2D eigenvalue weighted by Gasteiger charge is -2.12. The maximum absolute atomic E-state index is 6.16. The Morgan fingerprint density at radius 3 is 2.83 bits per heavy atom. The highest BCUT2D eigenvalue weighted by molar-refractivity contribution is 7.99. The molecular formula is C14H15ClN2S. The van der Waals surface area contributed by atoms with Crippen LogP contribution in [-0.4, -0.2) is 10.7 Å². The number of pyridine rings is 1. The largest absolute Gasteiger partial charge is 0.323 e. The Labute approximate surface area is 117 Å². The summed E-state index contributed by atoms with van der Waals surface area (Å²) >= 11 is 7.78. The highest BCUT2D eigenvalue weighted by atomic mass is 35.5. The average Bonchev–Trinajstić information content (AvgIpc) is 2.37. The van der Waals surface area contributed by atoms with E-state index in [4.69, 9.17) is 17.3 Å². The van der Waals surface area contributed by atoms with Gasteiger partial charge in [0.25, 0.3) is 0 Å². The van der Waals surface area contributed by atoms with E-state index in [-0.39, 0.29) is 6.04 Å². The van der Waals surface area contributed by atoms with Crippen LogP contribution in [0, 0.1) is 6.92 Å². The summed E-state index contributed by atoms with van der Waals surface area (Å²) in [4.78, 5) is 5.23. The van der Waals surface area contributed by atoms with E-state index in [1.807, 2.05) is 43.6 Å². The van der Waals surface area contributed by atoms with E-state index in [9.17, 15) is 0 Å². The summed E-state index contributed by atoms with van der Waals surface area (Å²) in [6, 6.07) is 9.85. The average molecular weight is 279 g/mol. The predicted octanol–water partition coefficient (Wildman–Crippen LogP) is 3.84. The summed E-state index contributed by atoms with van der Waals surface area (Å²) in [7, 11) is 0. The van der Waals surface area contributed by atoms with E-state index in [1.165, 1.54) is 0 Å². The van der Waals surface area contributed by atoms with Crippen molar-refractivity contribution < 1.29 is 0 Å². The third-order valence-corrected chi connectivity index (χ3v) is 4.21. The first-order valence-corrected chi connectivity index (χ1v) is 7.07. The highest BCUT2D eigenvalue weighted by Gasteiger charge is 2.08. The zero-order valence-electron chi connectivity index (χ0n) is 10.1. The van der Waals surface area contributed by atoms with Crippen LogP contribution in [0.1, 0.15) is 17.2 Å². The number of thioether (sulfide) groups is 1. The van der Waals surface area contributed by atoms with Crippen molar-refractivity contribution in [1.82, 2.24) is 4.98 Å². The Bertz CT molecular complexity index is 531. The number of halogens is 1. The van der Waals surface area contributed by atoms with Gasteiger partial charge in [-0.2, -0.15) is 0 Å². The minimum Gasteiger partial charge on any atom is -0.323 e. The van der Waals surface area contributed by atoms with E-state index in [1.54, 1.807) is 11.8 Å². The lowest BCUT2D eigenvalue weighted by molar-refractivity contribution is 0.822. The highest BCUT2D eigenvalue weighted by Crippen LogP contribution is 2.29. The van der Waals surface area contributed by atoms with Gasteiger partial charge >= 0.3 is 0 Å². The second kappa shape index (κ2) is 6.23. The van der Waals surface area contributed by atoms with E-state index < -0.39 is 0 Å². The number of hydrogen-bond acceptors (Lipinski definition) is 3. The third kappa shape index (κ3) is 3.48. The molecule has 0 spiro atoms. The molecule has 0 aliphatic rings. The first-order valence-electron chi connectivity index (χ1n) is 5.71. The van der Waals surface area contributed by atoms with Crippen LogP contribution in [0.5, 0.6) is 0 Å². The van der Waals surface area contributed by atoms with Gasteiger partial charge < -0.3 is 5.73 Å². The zero-order valence-corrected chi connectivity index (χ0v) is 11.7. The van der Waals surface area contributed by atoms with Crippen molar-refractivity contribution in [1.29, 1.82) is 0 Å². The second-order valence-corrected chi connectivity index (χ2v) is 5.61. The fourth-order valence-corrected chi connectivity index (χ4v) is 2.85. The van der Waals surface area contributed by atoms with E-state index in [0.717, 1.165) is 26.8 Å². The van der Waals surface area contributed by atoms with Crippen LogP contribution < -0.4 is 5.73 Å². The van der Waals surface area contributed by atoms with Crippen LogP contribution in [0.4, 0.5) is 0 Å². The summed E-state index contributed by atoms with van der Waals surface area (Å²) in [5, 5.41) is 0.775. The molecule has 1 unspecified atom stereocenters. The molecule has 1 aromatic carbocycles. The molecule has 0 amide bonds. The monoisotopic (exact) mass is 278 g/mol. The second-order valence-electron chi connectivity index (χ2n) is 4.14. The fourth-order valence-electron chi connectivity index (χ4n) is 1.62. The molecule has 1 aromatic heterocycles. The molecule has 2 aromatic rings. The van der Waals surface area contributed by atoms with Crippen LogP contribution in [0.15, 0.2) is 47.6 Å². The smallest absolute Gasteiger partial charge is 0.0541 e. The quantitative estimate of drug-likeness (QED) is 0.864. The Kier molecular flexibility index (Phi) is 4.64. The van der Waals surface area contributed by atoms with Crippen molar-refractivity contribution in [3.05, 3.63) is 58.9 Å². The first kappa shape index (κ1) is 13.4. The summed E-state index contributed by atoms with van der Waals surface area (Å²) in [6.07, 6.45) is 3.66. The van der Waals surface area contributed by atoms with Crippen molar-refractivity contribution in [2.24, 2.45) is 5.73 Å². The van der Waals surface area contributed by atoms with Crippen LogP contribution in [-0.2, 0) is 0 Å². The SMILES string of the molecule is Cc1cncc(C(N)CSc2ccccc2Cl)c1. The summed E-state index contributed by atoms with van der Waals surface area (Å²) in [5.41, 5.74) is 8.35. The maximum atomic E-state index is 6.16. The van der Waals surface area contributed by atoms with Crippen LogP contribution in [0.2, 0.25) is 5.02 Å². The van der Waals surface area contributed by atoms with Gasteiger partial charge in [-0.05, 0) is 30.2 Å². The van der Waals surface area contributed by atoms with Crippen molar-refractivity contribution in [3.8, 4) is 0 Å². The number of aryl methyl sites for hydroxylation is 1. The van der Waals surface area contributed by atoms with E-state index in [0.29, 0.717) is 0 Å². The lowest BCUT2D eigenvalue weighted by atomic mass is 10.1. The molecule has 0 radical (unpaired) electrons. The normalized spacial score (nSPS) is 12.4. The van der Waals surface area contributed by atoms with Gasteiger partial charge in [0, 0.05) is 29.1 Å². The summed E-state index contributed by atoms with van der Waals surface area (Å²) < 4.78 is 0.